The van der Waals surface area contributed by atoms with Crippen LogP contribution in [0.25, 0.3) is 0 Å². The van der Waals surface area contributed by atoms with E-state index in [0.29, 0.717) is 6.04 Å². The van der Waals surface area contributed by atoms with Gasteiger partial charge in [0.2, 0.25) is 5.91 Å². The van der Waals surface area contributed by atoms with Crippen LogP contribution in [-0.2, 0) is 4.79 Å². The van der Waals surface area contributed by atoms with Crippen molar-refractivity contribution in [2.75, 3.05) is 26.2 Å². The minimum atomic E-state index is -0.184. The fourth-order valence-electron chi connectivity index (χ4n) is 3.00. The molecule has 1 fully saturated rings. The number of benzene rings is 1. The molecular formula is C17H27N3O. The second kappa shape index (κ2) is 8.15. The Labute approximate surface area is 127 Å². The van der Waals surface area contributed by atoms with Crippen molar-refractivity contribution < 1.29 is 4.79 Å². The molecule has 1 heterocycles. The molecule has 2 N–H and O–H groups in total. The SMILES string of the molecule is CCN(CC)C(C(=O)NC1CCNCC1)c1ccccc1. The molecule has 1 aliphatic heterocycles. The Morgan fingerprint density at radius 3 is 2.43 bits per heavy atom. The highest BCUT2D eigenvalue weighted by Crippen LogP contribution is 2.21. The molecular weight excluding hydrogens is 262 g/mol. The van der Waals surface area contributed by atoms with Gasteiger partial charge in [0.25, 0.3) is 0 Å². The Bertz CT molecular complexity index is 425. The largest absolute Gasteiger partial charge is 0.352 e. The van der Waals surface area contributed by atoms with Crippen molar-refractivity contribution in [3.63, 3.8) is 0 Å². The summed E-state index contributed by atoms with van der Waals surface area (Å²) in [4.78, 5) is 15.0. The van der Waals surface area contributed by atoms with E-state index in [4.69, 9.17) is 0 Å². The molecule has 0 bridgehead atoms. The zero-order valence-corrected chi connectivity index (χ0v) is 13.1. The number of rotatable bonds is 6. The lowest BCUT2D eigenvalue weighted by Crippen LogP contribution is -2.47. The van der Waals surface area contributed by atoms with E-state index in [9.17, 15) is 4.79 Å². The van der Waals surface area contributed by atoms with Gasteiger partial charge in [-0.15, -0.1) is 0 Å². The van der Waals surface area contributed by atoms with Crippen molar-refractivity contribution in [1.82, 2.24) is 15.5 Å². The lowest BCUT2D eigenvalue weighted by molar-refractivity contribution is -0.127. The van der Waals surface area contributed by atoms with Crippen LogP contribution in [0.4, 0.5) is 0 Å². The molecule has 21 heavy (non-hydrogen) atoms. The third kappa shape index (κ3) is 4.29. The van der Waals surface area contributed by atoms with Crippen LogP contribution in [0.3, 0.4) is 0 Å². The first kappa shape index (κ1) is 16.0. The molecule has 4 heteroatoms. The lowest BCUT2D eigenvalue weighted by atomic mass is 10.0. The normalized spacial score (nSPS) is 17.7. The van der Waals surface area contributed by atoms with Crippen molar-refractivity contribution in [2.45, 2.75) is 38.8 Å². The van der Waals surface area contributed by atoms with Crippen molar-refractivity contribution in [3.8, 4) is 0 Å². The number of nitrogens with one attached hydrogen (secondary N) is 2. The number of carbonyl (C=O) groups is 1. The van der Waals surface area contributed by atoms with Crippen molar-refractivity contribution in [1.29, 1.82) is 0 Å². The van der Waals surface area contributed by atoms with Gasteiger partial charge in [0.05, 0.1) is 0 Å². The monoisotopic (exact) mass is 289 g/mol. The smallest absolute Gasteiger partial charge is 0.242 e. The highest BCUT2D eigenvalue weighted by atomic mass is 16.2. The minimum absolute atomic E-state index is 0.136. The first-order valence-electron chi connectivity index (χ1n) is 8.06. The van der Waals surface area contributed by atoms with Gasteiger partial charge in [-0.2, -0.15) is 0 Å². The van der Waals surface area contributed by atoms with Crippen molar-refractivity contribution >= 4 is 5.91 Å². The molecule has 1 aliphatic rings. The van der Waals surface area contributed by atoms with Crippen LogP contribution < -0.4 is 10.6 Å². The fraction of sp³-hybridized carbons (Fsp3) is 0.588. The van der Waals surface area contributed by atoms with Crippen LogP contribution in [0.5, 0.6) is 0 Å². The van der Waals surface area contributed by atoms with Crippen molar-refractivity contribution in [3.05, 3.63) is 35.9 Å². The number of hydrogen-bond acceptors (Lipinski definition) is 3. The standard InChI is InChI=1S/C17H27N3O/c1-3-20(4-2)16(14-8-6-5-7-9-14)17(21)19-15-10-12-18-13-11-15/h5-9,15-16,18H,3-4,10-13H2,1-2H3,(H,19,21). The average molecular weight is 289 g/mol. The summed E-state index contributed by atoms with van der Waals surface area (Å²) in [7, 11) is 0. The maximum Gasteiger partial charge on any atom is 0.242 e. The van der Waals surface area contributed by atoms with E-state index >= 15 is 0 Å². The van der Waals surface area contributed by atoms with Crippen LogP contribution in [0.15, 0.2) is 30.3 Å². The quantitative estimate of drug-likeness (QED) is 0.841. The van der Waals surface area contributed by atoms with Gasteiger partial charge in [0.1, 0.15) is 6.04 Å². The second-order valence-corrected chi connectivity index (χ2v) is 5.57. The first-order chi connectivity index (χ1) is 10.3. The molecule has 1 atom stereocenters. The average Bonchev–Trinajstić information content (AvgIpc) is 2.54. The predicted molar refractivity (Wildman–Crippen MR) is 86.1 cm³/mol. The molecule has 0 radical (unpaired) electrons. The highest BCUT2D eigenvalue weighted by molar-refractivity contribution is 5.83. The Balaban J connectivity index is 2.12. The van der Waals surface area contributed by atoms with E-state index < -0.39 is 0 Å². The number of hydrogen-bond donors (Lipinski definition) is 2. The van der Waals surface area contributed by atoms with E-state index in [1.54, 1.807) is 0 Å². The molecule has 1 unspecified atom stereocenters. The highest BCUT2D eigenvalue weighted by Gasteiger charge is 2.27. The van der Waals surface area contributed by atoms with Crippen LogP contribution in [0, 0.1) is 0 Å². The lowest BCUT2D eigenvalue weighted by Gasteiger charge is -2.32. The van der Waals surface area contributed by atoms with Gasteiger partial charge >= 0.3 is 0 Å². The van der Waals surface area contributed by atoms with Crippen LogP contribution >= 0.6 is 0 Å². The fourth-order valence-corrected chi connectivity index (χ4v) is 3.00. The van der Waals surface area contributed by atoms with Gasteiger partial charge in [-0.25, -0.2) is 0 Å². The number of amides is 1. The van der Waals surface area contributed by atoms with Gasteiger partial charge in [0.15, 0.2) is 0 Å². The Morgan fingerprint density at radius 2 is 1.86 bits per heavy atom. The molecule has 0 spiro atoms. The van der Waals surface area contributed by atoms with Gasteiger partial charge in [0, 0.05) is 6.04 Å². The topological polar surface area (TPSA) is 44.4 Å². The molecule has 1 saturated heterocycles. The summed E-state index contributed by atoms with van der Waals surface area (Å²) in [6, 6.07) is 10.2. The summed E-state index contributed by atoms with van der Waals surface area (Å²) in [6.07, 6.45) is 2.04. The maximum atomic E-state index is 12.8. The maximum absolute atomic E-state index is 12.8. The number of carbonyl (C=O) groups excluding carboxylic acids is 1. The summed E-state index contributed by atoms with van der Waals surface area (Å²) < 4.78 is 0. The van der Waals surface area contributed by atoms with E-state index in [1.807, 2.05) is 30.3 Å². The van der Waals surface area contributed by atoms with E-state index in [2.05, 4.69) is 29.4 Å². The third-order valence-corrected chi connectivity index (χ3v) is 4.23. The summed E-state index contributed by atoms with van der Waals surface area (Å²) in [6.45, 7) is 7.94. The van der Waals surface area contributed by atoms with E-state index in [-0.39, 0.29) is 11.9 Å². The number of nitrogens with zero attached hydrogens (tertiary/aromatic N) is 1. The Kier molecular flexibility index (Phi) is 6.21. The van der Waals surface area contributed by atoms with Crippen LogP contribution in [0.2, 0.25) is 0 Å². The van der Waals surface area contributed by atoms with Crippen LogP contribution in [-0.4, -0.2) is 43.0 Å². The molecule has 1 aromatic carbocycles. The molecule has 0 aromatic heterocycles. The Morgan fingerprint density at radius 1 is 1.24 bits per heavy atom. The molecule has 1 amide bonds. The van der Waals surface area contributed by atoms with Gasteiger partial charge in [-0.05, 0) is 44.6 Å². The first-order valence-corrected chi connectivity index (χ1v) is 8.06. The van der Waals surface area contributed by atoms with E-state index in [0.717, 1.165) is 44.6 Å². The molecule has 4 nitrogen and oxygen atoms in total. The third-order valence-electron chi connectivity index (χ3n) is 4.23. The molecule has 116 valence electrons. The summed E-state index contributed by atoms with van der Waals surface area (Å²) >= 11 is 0. The zero-order valence-electron chi connectivity index (χ0n) is 13.1. The van der Waals surface area contributed by atoms with Gasteiger partial charge in [-0.3, -0.25) is 9.69 Å². The molecule has 0 saturated carbocycles. The molecule has 2 rings (SSSR count). The number of likely N-dealkylation sites (N-methyl/N-ethyl adjacent to an activating group) is 1. The van der Waals surface area contributed by atoms with Crippen LogP contribution in [0.1, 0.15) is 38.3 Å². The summed E-state index contributed by atoms with van der Waals surface area (Å²) in [5.41, 5.74) is 1.08. The molecule has 1 aromatic rings. The van der Waals surface area contributed by atoms with Crippen molar-refractivity contribution in [2.24, 2.45) is 0 Å². The summed E-state index contributed by atoms with van der Waals surface area (Å²) in [5, 5.41) is 6.58. The molecule has 0 aliphatic carbocycles. The number of piperidine rings is 1. The zero-order chi connectivity index (χ0) is 15.1. The Hall–Kier alpha value is -1.39. The second-order valence-electron chi connectivity index (χ2n) is 5.57. The predicted octanol–water partition coefficient (Wildman–Crippen LogP) is 1.94. The van der Waals surface area contributed by atoms with Gasteiger partial charge in [-0.1, -0.05) is 44.2 Å². The minimum Gasteiger partial charge on any atom is -0.352 e. The van der Waals surface area contributed by atoms with E-state index in [1.165, 1.54) is 0 Å². The van der Waals surface area contributed by atoms with Gasteiger partial charge < -0.3 is 10.6 Å². The summed E-state index contributed by atoms with van der Waals surface area (Å²) in [5.74, 6) is 0.136.